The van der Waals surface area contributed by atoms with Gasteiger partial charge < -0.3 is 9.84 Å². The van der Waals surface area contributed by atoms with Gasteiger partial charge in [0.25, 0.3) is 0 Å². The molecule has 0 radical (unpaired) electrons. The van der Waals surface area contributed by atoms with Crippen LogP contribution >= 0.6 is 0 Å². The van der Waals surface area contributed by atoms with Crippen molar-refractivity contribution in [1.82, 2.24) is 0 Å². The van der Waals surface area contributed by atoms with Crippen LogP contribution in [0.3, 0.4) is 0 Å². The third-order valence-corrected chi connectivity index (χ3v) is 2.57. The first-order valence-corrected chi connectivity index (χ1v) is 5.04. The van der Waals surface area contributed by atoms with E-state index in [1.165, 1.54) is 13.8 Å². The molecule has 1 N–H and O–H groups in total. The van der Waals surface area contributed by atoms with E-state index in [0.717, 1.165) is 12.8 Å². The Labute approximate surface area is 88.9 Å². The number of carbonyl (C=O) groups is 2. The molecule has 0 unspecified atom stereocenters. The van der Waals surface area contributed by atoms with Crippen LogP contribution in [0.2, 0.25) is 0 Å². The van der Waals surface area contributed by atoms with Gasteiger partial charge in [-0.1, -0.05) is 6.08 Å². The third-order valence-electron chi connectivity index (χ3n) is 2.57. The van der Waals surface area contributed by atoms with Crippen molar-refractivity contribution in [2.24, 2.45) is 5.92 Å². The van der Waals surface area contributed by atoms with Crippen molar-refractivity contribution in [2.75, 3.05) is 6.61 Å². The van der Waals surface area contributed by atoms with Crippen LogP contribution in [0.15, 0.2) is 11.6 Å². The van der Waals surface area contributed by atoms with Crippen LogP contribution in [-0.4, -0.2) is 29.6 Å². The maximum Gasteiger partial charge on any atom is 0.302 e. The Hall–Kier alpha value is -1.16. The van der Waals surface area contributed by atoms with Gasteiger partial charge in [-0.2, -0.15) is 0 Å². The molecule has 4 heteroatoms. The summed E-state index contributed by atoms with van der Waals surface area (Å²) in [7, 11) is 0. The lowest BCUT2D eigenvalue weighted by atomic mass is 9.93. The number of esters is 1. The molecule has 0 saturated carbocycles. The predicted molar refractivity (Wildman–Crippen MR) is 54.1 cm³/mol. The third kappa shape index (κ3) is 3.16. The van der Waals surface area contributed by atoms with Gasteiger partial charge >= 0.3 is 5.97 Å². The number of hydrogen-bond acceptors (Lipinski definition) is 4. The van der Waals surface area contributed by atoms with Crippen LogP contribution in [0.25, 0.3) is 0 Å². The van der Waals surface area contributed by atoms with Gasteiger partial charge in [0.2, 0.25) is 0 Å². The predicted octanol–water partition coefficient (Wildman–Crippen LogP) is 0.836. The van der Waals surface area contributed by atoms with E-state index in [4.69, 9.17) is 4.74 Å². The highest BCUT2D eigenvalue weighted by atomic mass is 16.5. The standard InChI is InChI=1S/C11H16O4/c1-7(12)9-4-3-5-10(9)11(14)6-15-8(2)13/h4,10-11,14H,3,5-6H2,1-2H3/t10-,11-/m1/s1. The average molecular weight is 212 g/mol. The molecule has 1 aliphatic carbocycles. The van der Waals surface area contributed by atoms with Crippen LogP contribution in [0.4, 0.5) is 0 Å². The smallest absolute Gasteiger partial charge is 0.302 e. The number of aliphatic hydroxyl groups is 1. The highest BCUT2D eigenvalue weighted by molar-refractivity contribution is 5.94. The lowest BCUT2D eigenvalue weighted by Crippen LogP contribution is -2.28. The number of carbonyl (C=O) groups excluding carboxylic acids is 2. The van der Waals surface area contributed by atoms with E-state index in [1.54, 1.807) is 0 Å². The monoisotopic (exact) mass is 212 g/mol. The van der Waals surface area contributed by atoms with E-state index in [2.05, 4.69) is 0 Å². The van der Waals surface area contributed by atoms with Gasteiger partial charge in [0, 0.05) is 12.8 Å². The van der Waals surface area contributed by atoms with Crippen molar-refractivity contribution < 1.29 is 19.4 Å². The van der Waals surface area contributed by atoms with Crippen molar-refractivity contribution in [3.8, 4) is 0 Å². The largest absolute Gasteiger partial charge is 0.463 e. The molecular weight excluding hydrogens is 196 g/mol. The zero-order chi connectivity index (χ0) is 11.4. The molecular formula is C11H16O4. The van der Waals surface area contributed by atoms with Crippen LogP contribution in [0.5, 0.6) is 0 Å². The molecule has 0 aliphatic heterocycles. The minimum Gasteiger partial charge on any atom is -0.463 e. The molecule has 0 aromatic carbocycles. The summed E-state index contributed by atoms with van der Waals surface area (Å²) in [6.45, 7) is 2.75. The van der Waals surface area contributed by atoms with Crippen LogP contribution in [-0.2, 0) is 14.3 Å². The summed E-state index contributed by atoms with van der Waals surface area (Å²) in [5.41, 5.74) is 0.662. The van der Waals surface area contributed by atoms with Gasteiger partial charge in [0.1, 0.15) is 6.61 Å². The van der Waals surface area contributed by atoms with E-state index < -0.39 is 12.1 Å². The summed E-state index contributed by atoms with van der Waals surface area (Å²) >= 11 is 0. The summed E-state index contributed by atoms with van der Waals surface area (Å²) in [5, 5.41) is 9.75. The van der Waals surface area contributed by atoms with Crippen molar-refractivity contribution in [3.05, 3.63) is 11.6 Å². The summed E-state index contributed by atoms with van der Waals surface area (Å²) in [6.07, 6.45) is 2.63. The minimum atomic E-state index is -0.772. The summed E-state index contributed by atoms with van der Waals surface area (Å²) < 4.78 is 4.72. The summed E-state index contributed by atoms with van der Waals surface area (Å²) in [6, 6.07) is 0. The first-order chi connectivity index (χ1) is 7.02. The molecule has 84 valence electrons. The Kier molecular flexibility index (Phi) is 4.03. The van der Waals surface area contributed by atoms with E-state index >= 15 is 0 Å². The second kappa shape index (κ2) is 5.07. The fourth-order valence-corrected chi connectivity index (χ4v) is 1.85. The number of rotatable bonds is 4. The Bertz CT molecular complexity index is 293. The number of ketones is 1. The first-order valence-electron chi connectivity index (χ1n) is 5.04. The fraction of sp³-hybridized carbons (Fsp3) is 0.636. The molecule has 0 aromatic rings. The molecule has 0 heterocycles. The lowest BCUT2D eigenvalue weighted by Gasteiger charge is -2.19. The zero-order valence-corrected chi connectivity index (χ0v) is 9.03. The van der Waals surface area contributed by atoms with Gasteiger partial charge in [-0.25, -0.2) is 0 Å². The summed E-state index contributed by atoms with van der Waals surface area (Å²) in [5.74, 6) is -0.610. The molecule has 2 atom stereocenters. The first kappa shape index (κ1) is 11.9. The number of Topliss-reactive ketones (excluding diaryl/α,β-unsaturated/α-hetero) is 1. The Morgan fingerprint density at radius 2 is 2.27 bits per heavy atom. The quantitative estimate of drug-likeness (QED) is 0.701. The molecule has 4 nitrogen and oxygen atoms in total. The van der Waals surface area contributed by atoms with Crippen LogP contribution < -0.4 is 0 Å². The molecule has 1 aliphatic rings. The molecule has 0 saturated heterocycles. The molecule has 0 fully saturated rings. The molecule has 1 rings (SSSR count). The summed E-state index contributed by atoms with van der Waals surface area (Å²) in [4.78, 5) is 21.8. The Morgan fingerprint density at radius 3 is 2.80 bits per heavy atom. The topological polar surface area (TPSA) is 63.6 Å². The van der Waals surface area contributed by atoms with Crippen LogP contribution in [0.1, 0.15) is 26.7 Å². The van der Waals surface area contributed by atoms with Gasteiger partial charge in [-0.15, -0.1) is 0 Å². The van der Waals surface area contributed by atoms with E-state index in [0.29, 0.717) is 5.57 Å². The highest BCUT2D eigenvalue weighted by Gasteiger charge is 2.29. The second-order valence-electron chi connectivity index (χ2n) is 3.77. The second-order valence-corrected chi connectivity index (χ2v) is 3.77. The van der Waals surface area contributed by atoms with E-state index in [9.17, 15) is 14.7 Å². The van der Waals surface area contributed by atoms with Crippen molar-refractivity contribution in [2.45, 2.75) is 32.8 Å². The Balaban J connectivity index is 2.53. The van der Waals surface area contributed by atoms with Crippen molar-refractivity contribution in [1.29, 1.82) is 0 Å². The van der Waals surface area contributed by atoms with Gasteiger partial charge in [-0.3, -0.25) is 9.59 Å². The van der Waals surface area contributed by atoms with Crippen molar-refractivity contribution in [3.63, 3.8) is 0 Å². The molecule has 0 amide bonds. The lowest BCUT2D eigenvalue weighted by molar-refractivity contribution is -0.144. The van der Waals surface area contributed by atoms with E-state index in [-0.39, 0.29) is 18.3 Å². The fourth-order valence-electron chi connectivity index (χ4n) is 1.85. The average Bonchev–Trinajstić information content (AvgIpc) is 2.62. The van der Waals surface area contributed by atoms with Gasteiger partial charge in [0.15, 0.2) is 5.78 Å². The maximum absolute atomic E-state index is 11.2. The molecule has 15 heavy (non-hydrogen) atoms. The SMILES string of the molecule is CC(=O)OC[C@@H](O)[C@@H]1CCC=C1C(C)=O. The highest BCUT2D eigenvalue weighted by Crippen LogP contribution is 2.29. The number of ether oxygens (including phenoxy) is 1. The number of aliphatic hydroxyl groups excluding tert-OH is 1. The minimum absolute atomic E-state index is 0.0145. The van der Waals surface area contributed by atoms with Gasteiger partial charge in [0.05, 0.1) is 6.10 Å². The number of hydrogen-bond donors (Lipinski definition) is 1. The zero-order valence-electron chi connectivity index (χ0n) is 9.03. The van der Waals surface area contributed by atoms with Crippen molar-refractivity contribution >= 4 is 11.8 Å². The molecule has 0 spiro atoms. The number of allylic oxidation sites excluding steroid dienone is 1. The van der Waals surface area contributed by atoms with Gasteiger partial charge in [-0.05, 0) is 25.3 Å². The normalized spacial score (nSPS) is 22.1. The Morgan fingerprint density at radius 1 is 1.60 bits per heavy atom. The van der Waals surface area contributed by atoms with E-state index in [1.807, 2.05) is 6.08 Å². The van der Waals surface area contributed by atoms with Crippen LogP contribution in [0, 0.1) is 5.92 Å². The molecule has 0 bridgehead atoms. The molecule has 0 aromatic heterocycles. The maximum atomic E-state index is 11.2.